The molecule has 0 aliphatic rings. The number of carbonyl (C=O) groups excluding carboxylic acids is 1. The third-order valence-electron chi connectivity index (χ3n) is 2.62. The van der Waals surface area contributed by atoms with E-state index in [9.17, 15) is 4.79 Å². The van der Waals surface area contributed by atoms with Crippen LogP contribution in [-0.4, -0.2) is 6.29 Å². The molecule has 2 heteroatoms. The van der Waals surface area contributed by atoms with Crippen LogP contribution in [0, 0.1) is 0 Å². The molecule has 3 aromatic rings. The molecule has 0 saturated carbocycles. The molecule has 0 bridgehead atoms. The monoisotopic (exact) mass is 212 g/mol. The third-order valence-corrected chi connectivity index (χ3v) is 3.67. The molecule has 0 aliphatic carbocycles. The van der Waals surface area contributed by atoms with Crippen molar-refractivity contribution >= 4 is 38.5 Å². The molecule has 15 heavy (non-hydrogen) atoms. The highest BCUT2D eigenvalue weighted by Gasteiger charge is 2.05. The smallest absolute Gasteiger partial charge is 0.151 e. The summed E-state index contributed by atoms with van der Waals surface area (Å²) in [6, 6.07) is 12.3. The van der Waals surface area contributed by atoms with Gasteiger partial charge in [0.2, 0.25) is 0 Å². The molecule has 0 saturated heterocycles. The van der Waals surface area contributed by atoms with Gasteiger partial charge in [-0.25, -0.2) is 0 Å². The SMILES string of the molecule is O=Cc1csc2c1ccc1ccccc12. The highest BCUT2D eigenvalue weighted by Crippen LogP contribution is 2.31. The van der Waals surface area contributed by atoms with Crippen molar-refractivity contribution in [2.45, 2.75) is 0 Å². The number of rotatable bonds is 1. The van der Waals surface area contributed by atoms with Gasteiger partial charge in [-0.1, -0.05) is 36.4 Å². The van der Waals surface area contributed by atoms with E-state index in [1.807, 2.05) is 23.6 Å². The van der Waals surface area contributed by atoms with Gasteiger partial charge in [0.05, 0.1) is 0 Å². The summed E-state index contributed by atoms with van der Waals surface area (Å²) in [5.74, 6) is 0. The van der Waals surface area contributed by atoms with Crippen molar-refractivity contribution in [3.05, 3.63) is 47.3 Å². The first-order valence-electron chi connectivity index (χ1n) is 4.74. The molecule has 2 aromatic carbocycles. The molecule has 1 nitrogen and oxygen atoms in total. The molecule has 0 atom stereocenters. The van der Waals surface area contributed by atoms with E-state index < -0.39 is 0 Å². The number of hydrogen-bond acceptors (Lipinski definition) is 2. The number of hydrogen-bond donors (Lipinski definition) is 0. The quantitative estimate of drug-likeness (QED) is 0.560. The van der Waals surface area contributed by atoms with Gasteiger partial charge in [0.1, 0.15) is 0 Å². The maximum absolute atomic E-state index is 10.8. The number of aldehydes is 1. The molecule has 1 aromatic heterocycles. The Morgan fingerprint density at radius 3 is 2.73 bits per heavy atom. The van der Waals surface area contributed by atoms with Crippen LogP contribution < -0.4 is 0 Å². The normalized spacial score (nSPS) is 10.9. The predicted octanol–water partition coefficient (Wildman–Crippen LogP) is 3.87. The van der Waals surface area contributed by atoms with Gasteiger partial charge in [0.25, 0.3) is 0 Å². The first-order chi connectivity index (χ1) is 7.40. The zero-order chi connectivity index (χ0) is 10.3. The summed E-state index contributed by atoms with van der Waals surface area (Å²) in [6.45, 7) is 0. The summed E-state index contributed by atoms with van der Waals surface area (Å²) >= 11 is 1.64. The second-order valence-electron chi connectivity index (χ2n) is 3.47. The average molecular weight is 212 g/mol. The van der Waals surface area contributed by atoms with Crippen LogP contribution in [0.15, 0.2) is 41.8 Å². The van der Waals surface area contributed by atoms with E-state index in [4.69, 9.17) is 0 Å². The molecular weight excluding hydrogens is 204 g/mol. The van der Waals surface area contributed by atoms with E-state index in [1.54, 1.807) is 11.3 Å². The van der Waals surface area contributed by atoms with Crippen molar-refractivity contribution in [3.63, 3.8) is 0 Å². The molecule has 0 N–H and O–H groups in total. The van der Waals surface area contributed by atoms with Crippen LogP contribution in [0.5, 0.6) is 0 Å². The minimum Gasteiger partial charge on any atom is -0.298 e. The highest BCUT2D eigenvalue weighted by molar-refractivity contribution is 7.18. The first kappa shape index (κ1) is 8.62. The van der Waals surface area contributed by atoms with Gasteiger partial charge in [-0.2, -0.15) is 0 Å². The van der Waals surface area contributed by atoms with E-state index in [2.05, 4.69) is 18.2 Å². The lowest BCUT2D eigenvalue weighted by Gasteiger charge is -1.98. The maximum atomic E-state index is 10.8. The summed E-state index contributed by atoms with van der Waals surface area (Å²) in [4.78, 5) is 10.8. The van der Waals surface area contributed by atoms with Crippen molar-refractivity contribution in [3.8, 4) is 0 Å². The molecule has 0 amide bonds. The van der Waals surface area contributed by atoms with Gasteiger partial charge in [-0.3, -0.25) is 4.79 Å². The molecule has 0 aliphatic heterocycles. The summed E-state index contributed by atoms with van der Waals surface area (Å²) in [7, 11) is 0. The van der Waals surface area contributed by atoms with Crippen molar-refractivity contribution in [1.82, 2.24) is 0 Å². The van der Waals surface area contributed by atoms with Gasteiger partial charge >= 0.3 is 0 Å². The van der Waals surface area contributed by atoms with E-state index >= 15 is 0 Å². The Bertz CT molecular complexity index is 652. The Labute approximate surface area is 91.0 Å². The van der Waals surface area contributed by atoms with Crippen LogP contribution in [0.3, 0.4) is 0 Å². The molecule has 0 radical (unpaired) electrons. The number of carbonyl (C=O) groups is 1. The van der Waals surface area contributed by atoms with Crippen LogP contribution in [0.2, 0.25) is 0 Å². The summed E-state index contributed by atoms with van der Waals surface area (Å²) in [5.41, 5.74) is 0.792. The van der Waals surface area contributed by atoms with Crippen LogP contribution in [0.1, 0.15) is 10.4 Å². The fourth-order valence-corrected chi connectivity index (χ4v) is 2.93. The van der Waals surface area contributed by atoms with Gasteiger partial charge < -0.3 is 0 Å². The van der Waals surface area contributed by atoms with E-state index in [1.165, 1.54) is 15.5 Å². The minimum absolute atomic E-state index is 0.792. The average Bonchev–Trinajstić information content (AvgIpc) is 2.72. The Morgan fingerprint density at radius 1 is 1.00 bits per heavy atom. The van der Waals surface area contributed by atoms with Crippen LogP contribution in [0.25, 0.3) is 20.9 Å². The molecule has 1 heterocycles. The molecule has 0 spiro atoms. The third kappa shape index (κ3) is 1.18. The van der Waals surface area contributed by atoms with Crippen molar-refractivity contribution in [1.29, 1.82) is 0 Å². The van der Waals surface area contributed by atoms with E-state index in [0.717, 1.165) is 17.2 Å². The van der Waals surface area contributed by atoms with Crippen molar-refractivity contribution in [2.24, 2.45) is 0 Å². The zero-order valence-electron chi connectivity index (χ0n) is 7.94. The van der Waals surface area contributed by atoms with Gasteiger partial charge in [0.15, 0.2) is 6.29 Å². The fourth-order valence-electron chi connectivity index (χ4n) is 1.87. The molecule has 72 valence electrons. The lowest BCUT2D eigenvalue weighted by Crippen LogP contribution is -1.76. The Morgan fingerprint density at radius 2 is 1.87 bits per heavy atom. The van der Waals surface area contributed by atoms with Gasteiger partial charge in [-0.15, -0.1) is 11.3 Å². The highest BCUT2D eigenvalue weighted by atomic mass is 32.1. The van der Waals surface area contributed by atoms with Crippen LogP contribution in [-0.2, 0) is 0 Å². The van der Waals surface area contributed by atoms with Gasteiger partial charge in [-0.05, 0) is 10.8 Å². The lowest BCUT2D eigenvalue weighted by molar-refractivity contribution is 0.112. The number of fused-ring (bicyclic) bond motifs is 3. The van der Waals surface area contributed by atoms with Crippen molar-refractivity contribution < 1.29 is 4.79 Å². The Hall–Kier alpha value is -1.67. The minimum atomic E-state index is 0.792. The fraction of sp³-hybridized carbons (Fsp3) is 0. The topological polar surface area (TPSA) is 17.1 Å². The van der Waals surface area contributed by atoms with Gasteiger partial charge in [0, 0.05) is 21.0 Å². The second kappa shape index (κ2) is 3.17. The first-order valence-corrected chi connectivity index (χ1v) is 5.62. The molecule has 3 rings (SSSR count). The summed E-state index contributed by atoms with van der Waals surface area (Å²) in [6.07, 6.45) is 0.924. The lowest BCUT2D eigenvalue weighted by atomic mass is 10.1. The zero-order valence-corrected chi connectivity index (χ0v) is 8.75. The van der Waals surface area contributed by atoms with Crippen LogP contribution in [0.4, 0.5) is 0 Å². The number of thiophene rings is 1. The predicted molar refractivity (Wildman–Crippen MR) is 64.7 cm³/mol. The van der Waals surface area contributed by atoms with E-state index in [-0.39, 0.29) is 0 Å². The van der Waals surface area contributed by atoms with E-state index in [0.29, 0.717) is 0 Å². The Balaban J connectivity index is 2.55. The molecule has 0 unspecified atom stereocenters. The summed E-state index contributed by atoms with van der Waals surface area (Å²) < 4.78 is 1.20. The maximum Gasteiger partial charge on any atom is 0.151 e. The standard InChI is InChI=1S/C13H8OS/c14-7-10-8-15-13-11-4-2-1-3-9(11)5-6-12(10)13/h1-8H. The van der Waals surface area contributed by atoms with Crippen LogP contribution >= 0.6 is 11.3 Å². The largest absolute Gasteiger partial charge is 0.298 e. The summed E-state index contributed by atoms with van der Waals surface area (Å²) in [5, 5.41) is 5.44. The Kier molecular flexibility index (Phi) is 1.82. The molecular formula is C13H8OS. The van der Waals surface area contributed by atoms with Crippen molar-refractivity contribution in [2.75, 3.05) is 0 Å². The molecule has 0 fully saturated rings. The number of benzene rings is 2. The second-order valence-corrected chi connectivity index (χ2v) is 4.35.